The zero-order chi connectivity index (χ0) is 26.9. The second-order valence-electron chi connectivity index (χ2n) is 9.85. The summed E-state index contributed by atoms with van der Waals surface area (Å²) in [5, 5.41) is 6.39. The highest BCUT2D eigenvalue weighted by molar-refractivity contribution is 6.17. The van der Waals surface area contributed by atoms with Crippen molar-refractivity contribution < 1.29 is 23.7 Å². The summed E-state index contributed by atoms with van der Waals surface area (Å²) >= 11 is 5.79. The number of fused-ring (bicyclic) bond motifs is 2. The molecule has 0 bridgehead atoms. The van der Waals surface area contributed by atoms with Crippen LogP contribution in [0.4, 0.5) is 0 Å². The number of ether oxygens (including phenoxy) is 5. The molecule has 0 radical (unpaired) electrons. The summed E-state index contributed by atoms with van der Waals surface area (Å²) in [5.41, 5.74) is 11.4. The van der Waals surface area contributed by atoms with E-state index in [0.717, 1.165) is 47.6 Å². The van der Waals surface area contributed by atoms with Crippen LogP contribution in [0, 0.1) is 0 Å². The highest BCUT2D eigenvalue weighted by atomic mass is 35.5. The van der Waals surface area contributed by atoms with Gasteiger partial charge in [-0.2, -0.15) is 0 Å². The number of halogens is 1. The first-order valence-corrected chi connectivity index (χ1v) is 14.1. The zero-order valence-corrected chi connectivity index (χ0v) is 22.6. The van der Waals surface area contributed by atoms with Crippen molar-refractivity contribution in [3.8, 4) is 0 Å². The summed E-state index contributed by atoms with van der Waals surface area (Å²) in [4.78, 5) is 3.12. The quantitative estimate of drug-likeness (QED) is 0.0789. The molecule has 0 amide bonds. The number of benzene rings is 3. The lowest BCUT2D eigenvalue weighted by molar-refractivity contribution is -0.347. The molecule has 2 saturated heterocycles. The molecule has 39 heavy (non-hydrogen) atoms. The first-order chi connectivity index (χ1) is 19.3. The van der Waals surface area contributed by atoms with Crippen LogP contribution < -0.4 is 0 Å². The van der Waals surface area contributed by atoms with Crippen LogP contribution in [0.1, 0.15) is 43.1 Å². The monoisotopic (exact) mass is 551 g/mol. The normalized spacial score (nSPS) is 26.6. The van der Waals surface area contributed by atoms with E-state index in [1.165, 1.54) is 0 Å². The third kappa shape index (κ3) is 7.10. The second-order valence-corrected chi connectivity index (χ2v) is 10.2. The summed E-state index contributed by atoms with van der Waals surface area (Å²) in [6, 6.07) is 23.5. The van der Waals surface area contributed by atoms with Crippen molar-refractivity contribution in [1.82, 2.24) is 0 Å². The van der Waals surface area contributed by atoms with Crippen LogP contribution in [0.15, 0.2) is 77.9 Å². The van der Waals surface area contributed by atoms with Gasteiger partial charge in [0.2, 0.25) is 0 Å². The minimum absolute atomic E-state index is 0.304. The maximum absolute atomic E-state index is 9.47. The molecule has 9 heteroatoms. The molecule has 0 saturated carbocycles. The van der Waals surface area contributed by atoms with Crippen LogP contribution in [0.2, 0.25) is 0 Å². The van der Waals surface area contributed by atoms with Crippen LogP contribution in [0.25, 0.3) is 21.2 Å². The molecule has 2 heterocycles. The minimum atomic E-state index is -0.766. The SMILES string of the molecule is [N-]=[N+]=N[C@H]1[C@H](OCCCCCCCl)O[C@@H]2CO[C@H](c3ccccc3)O[C@@H]2[C@@H]1OCc1ccc2ccccc2c1. The van der Waals surface area contributed by atoms with E-state index in [2.05, 4.69) is 34.3 Å². The lowest BCUT2D eigenvalue weighted by Gasteiger charge is -2.48. The van der Waals surface area contributed by atoms with Gasteiger partial charge in [-0.15, -0.1) is 11.6 Å². The van der Waals surface area contributed by atoms with Gasteiger partial charge in [-0.05, 0) is 40.8 Å². The third-order valence-corrected chi connectivity index (χ3v) is 7.40. The largest absolute Gasteiger partial charge is 0.370 e. The Balaban J connectivity index is 1.34. The van der Waals surface area contributed by atoms with Crippen molar-refractivity contribution in [2.75, 3.05) is 19.1 Å². The number of hydrogen-bond acceptors (Lipinski definition) is 6. The highest BCUT2D eigenvalue weighted by Gasteiger charge is 2.51. The molecule has 2 aliphatic rings. The van der Waals surface area contributed by atoms with Gasteiger partial charge in [-0.25, -0.2) is 0 Å². The van der Waals surface area contributed by atoms with Crippen LogP contribution in [0.5, 0.6) is 0 Å². The molecular weight excluding hydrogens is 518 g/mol. The molecule has 0 N–H and O–H groups in total. The third-order valence-electron chi connectivity index (χ3n) is 7.13. The van der Waals surface area contributed by atoms with Crippen molar-refractivity contribution in [3.05, 3.63) is 94.4 Å². The molecule has 0 aromatic heterocycles. The van der Waals surface area contributed by atoms with Gasteiger partial charge in [0.05, 0.1) is 13.2 Å². The lowest BCUT2D eigenvalue weighted by Crippen LogP contribution is -2.62. The molecular formula is C30H34ClN3O5. The van der Waals surface area contributed by atoms with Crippen molar-refractivity contribution in [1.29, 1.82) is 0 Å². The van der Waals surface area contributed by atoms with Gasteiger partial charge in [0, 0.05) is 23.0 Å². The summed E-state index contributed by atoms with van der Waals surface area (Å²) in [7, 11) is 0. The van der Waals surface area contributed by atoms with Gasteiger partial charge >= 0.3 is 0 Å². The van der Waals surface area contributed by atoms with E-state index in [1.54, 1.807) is 0 Å². The fraction of sp³-hybridized carbons (Fsp3) is 0.467. The Labute approximate surface area is 233 Å². The van der Waals surface area contributed by atoms with E-state index in [1.807, 2.05) is 48.5 Å². The molecule has 0 unspecified atom stereocenters. The number of rotatable bonds is 12. The van der Waals surface area contributed by atoms with Gasteiger partial charge in [0.15, 0.2) is 12.6 Å². The van der Waals surface area contributed by atoms with Crippen molar-refractivity contribution in [2.45, 2.75) is 69.2 Å². The Morgan fingerprint density at radius 3 is 2.51 bits per heavy atom. The maximum Gasteiger partial charge on any atom is 0.184 e. The number of alkyl halides is 1. The Morgan fingerprint density at radius 1 is 0.897 bits per heavy atom. The Bertz CT molecular complexity index is 1240. The van der Waals surface area contributed by atoms with E-state index in [-0.39, 0.29) is 0 Å². The number of hydrogen-bond donors (Lipinski definition) is 0. The van der Waals surface area contributed by atoms with Crippen LogP contribution in [-0.4, -0.2) is 49.7 Å². The molecule has 6 atom stereocenters. The topological polar surface area (TPSA) is 94.9 Å². The molecule has 5 rings (SSSR count). The van der Waals surface area contributed by atoms with Gasteiger partial charge in [0.25, 0.3) is 0 Å². The van der Waals surface area contributed by atoms with E-state index < -0.39 is 36.9 Å². The predicted octanol–water partition coefficient (Wildman–Crippen LogP) is 7.06. The van der Waals surface area contributed by atoms with Gasteiger partial charge < -0.3 is 23.7 Å². The molecule has 2 aliphatic heterocycles. The fourth-order valence-electron chi connectivity index (χ4n) is 5.12. The van der Waals surface area contributed by atoms with E-state index in [0.29, 0.717) is 25.7 Å². The number of unbranched alkanes of at least 4 members (excludes halogenated alkanes) is 3. The van der Waals surface area contributed by atoms with E-state index in [4.69, 9.17) is 35.3 Å². The first-order valence-electron chi connectivity index (χ1n) is 13.6. The summed E-state index contributed by atoms with van der Waals surface area (Å²) in [6.45, 7) is 1.10. The van der Waals surface area contributed by atoms with Gasteiger partial charge in [-0.1, -0.05) is 84.7 Å². The summed E-state index contributed by atoms with van der Waals surface area (Å²) in [6.07, 6.45) is 1.01. The molecule has 206 valence electrons. The molecule has 0 aliphatic carbocycles. The smallest absolute Gasteiger partial charge is 0.184 e. The highest BCUT2D eigenvalue weighted by Crippen LogP contribution is 2.37. The predicted molar refractivity (Wildman–Crippen MR) is 149 cm³/mol. The lowest BCUT2D eigenvalue weighted by atomic mass is 9.95. The van der Waals surface area contributed by atoms with Crippen molar-refractivity contribution >= 4 is 22.4 Å². The fourth-order valence-corrected chi connectivity index (χ4v) is 5.31. The summed E-state index contributed by atoms with van der Waals surface area (Å²) < 4.78 is 31.3. The first kappa shape index (κ1) is 27.9. The number of nitrogens with zero attached hydrogens (tertiary/aromatic N) is 3. The zero-order valence-electron chi connectivity index (χ0n) is 21.8. The van der Waals surface area contributed by atoms with E-state index in [9.17, 15) is 5.53 Å². The average molecular weight is 552 g/mol. The van der Waals surface area contributed by atoms with Gasteiger partial charge in [-0.3, -0.25) is 0 Å². The molecule has 0 spiro atoms. The second kappa shape index (κ2) is 14.1. The average Bonchev–Trinajstić information content (AvgIpc) is 2.98. The van der Waals surface area contributed by atoms with E-state index >= 15 is 0 Å². The van der Waals surface area contributed by atoms with Crippen LogP contribution in [-0.2, 0) is 30.3 Å². The van der Waals surface area contributed by atoms with Crippen molar-refractivity contribution in [2.24, 2.45) is 5.11 Å². The molecule has 3 aromatic rings. The minimum Gasteiger partial charge on any atom is -0.370 e. The van der Waals surface area contributed by atoms with Crippen LogP contribution >= 0.6 is 11.6 Å². The molecule has 3 aromatic carbocycles. The van der Waals surface area contributed by atoms with Crippen molar-refractivity contribution in [3.63, 3.8) is 0 Å². The maximum atomic E-state index is 9.47. The Hall–Kier alpha value is -2.68. The standard InChI is InChI=1S/C30H34ClN3O5/c31-16-8-1-2-9-17-35-30-26(33-34-32)28(36-19-21-14-15-22-10-6-7-13-24(22)18-21)27-25(38-30)20-37-29(39-27)23-11-4-3-5-12-23/h3-7,10-15,18,25-30H,1-2,8-9,16-17,19-20H2/t25-,26-,27+,28-,29+,30-/m1/s1. The Morgan fingerprint density at radius 2 is 1.69 bits per heavy atom. The van der Waals surface area contributed by atoms with Crippen LogP contribution in [0.3, 0.4) is 0 Å². The summed E-state index contributed by atoms with van der Waals surface area (Å²) in [5.74, 6) is 0.662. The molecule has 8 nitrogen and oxygen atoms in total. The number of azide groups is 1. The Kier molecular flexibility index (Phi) is 10.1. The molecule has 2 fully saturated rings. The van der Waals surface area contributed by atoms with Gasteiger partial charge in [0.1, 0.15) is 24.4 Å².